The summed E-state index contributed by atoms with van der Waals surface area (Å²) in [6, 6.07) is 4.90. The van der Waals surface area contributed by atoms with Gasteiger partial charge in [0.2, 0.25) is 0 Å². The maximum atomic E-state index is 12.1. The molecule has 7 N–H and O–H groups in total. The van der Waals surface area contributed by atoms with Gasteiger partial charge in [-0.2, -0.15) is 5.10 Å². The maximum absolute atomic E-state index is 12.1. The van der Waals surface area contributed by atoms with E-state index >= 15 is 0 Å². The third kappa shape index (κ3) is 4.44. The van der Waals surface area contributed by atoms with Gasteiger partial charge in [-0.3, -0.25) is 10.4 Å². The van der Waals surface area contributed by atoms with Crippen LogP contribution in [0.1, 0.15) is 5.69 Å². The zero-order valence-electron chi connectivity index (χ0n) is 15.5. The van der Waals surface area contributed by atoms with Crippen molar-refractivity contribution in [2.45, 2.75) is 6.42 Å². The van der Waals surface area contributed by atoms with Crippen LogP contribution in [0.25, 0.3) is 0 Å². The number of hydrogen-bond donors (Lipinski definition) is 6. The fourth-order valence-corrected chi connectivity index (χ4v) is 2.51. The van der Waals surface area contributed by atoms with Crippen LogP contribution < -0.4 is 31.2 Å². The van der Waals surface area contributed by atoms with Gasteiger partial charge >= 0.3 is 6.03 Å². The molecule has 0 fully saturated rings. The average Bonchev–Trinajstić information content (AvgIpc) is 3.33. The molecule has 0 atom stereocenters. The van der Waals surface area contributed by atoms with Crippen molar-refractivity contribution in [3.8, 4) is 11.5 Å². The normalized spacial score (nSPS) is 10.4. The fraction of sp³-hybridized carbons (Fsp3) is 0.235. The lowest BCUT2D eigenvalue weighted by atomic mass is 10.2. The predicted molar refractivity (Wildman–Crippen MR) is 105 cm³/mol. The molecule has 3 rings (SSSR count). The number of benzene rings is 1. The van der Waals surface area contributed by atoms with Gasteiger partial charge in [0.1, 0.15) is 11.5 Å². The molecule has 2 amide bonds. The summed E-state index contributed by atoms with van der Waals surface area (Å²) in [6.45, 7) is 0.437. The Balaban J connectivity index is 1.64. The molecule has 0 saturated carbocycles. The molecule has 2 heterocycles. The maximum Gasteiger partial charge on any atom is 0.320 e. The molecule has 148 valence electrons. The number of ether oxygens (including phenoxy) is 2. The fourth-order valence-electron chi connectivity index (χ4n) is 2.51. The van der Waals surface area contributed by atoms with Crippen molar-refractivity contribution in [1.82, 2.24) is 25.5 Å². The number of aromatic amines is 2. The number of anilines is 4. The molecular formula is C17H22N8O3. The van der Waals surface area contributed by atoms with E-state index in [4.69, 9.17) is 15.2 Å². The number of carbonyl (C=O) groups excluding carboxylic acids is 1. The van der Waals surface area contributed by atoms with Crippen LogP contribution in [0, 0.1) is 0 Å². The number of H-pyrrole nitrogens is 2. The number of aromatic nitrogens is 4. The minimum Gasteiger partial charge on any atom is -0.493 e. The molecular weight excluding hydrogens is 364 g/mol. The molecule has 11 nitrogen and oxygen atoms in total. The van der Waals surface area contributed by atoms with Crippen LogP contribution in [0.3, 0.4) is 0 Å². The number of hydrogen-bond acceptors (Lipinski definition) is 7. The summed E-state index contributed by atoms with van der Waals surface area (Å²) < 4.78 is 10.5. The molecule has 0 bridgehead atoms. The first-order chi connectivity index (χ1) is 13.6. The lowest BCUT2D eigenvalue weighted by Gasteiger charge is -2.12. The molecule has 0 spiro atoms. The van der Waals surface area contributed by atoms with Crippen LogP contribution >= 0.6 is 0 Å². The Morgan fingerprint density at radius 2 is 2.07 bits per heavy atom. The number of rotatable bonds is 8. The Labute approximate surface area is 161 Å². The van der Waals surface area contributed by atoms with Gasteiger partial charge in [-0.1, -0.05) is 0 Å². The Morgan fingerprint density at radius 1 is 1.25 bits per heavy atom. The van der Waals surface area contributed by atoms with E-state index in [1.165, 1.54) is 0 Å². The van der Waals surface area contributed by atoms with Crippen molar-refractivity contribution in [3.05, 3.63) is 36.4 Å². The molecule has 2 aromatic heterocycles. The van der Waals surface area contributed by atoms with Crippen LogP contribution in [0.15, 0.2) is 30.7 Å². The first-order valence-electron chi connectivity index (χ1n) is 8.45. The molecule has 0 unspecified atom stereocenters. The van der Waals surface area contributed by atoms with Crippen molar-refractivity contribution >= 4 is 29.0 Å². The minimum atomic E-state index is -0.402. The highest BCUT2D eigenvalue weighted by atomic mass is 16.5. The Bertz CT molecular complexity index is 923. The van der Waals surface area contributed by atoms with Crippen LogP contribution in [-0.2, 0) is 6.42 Å². The van der Waals surface area contributed by atoms with E-state index in [9.17, 15) is 4.79 Å². The summed E-state index contributed by atoms with van der Waals surface area (Å²) in [5.74, 6) is 1.71. The molecule has 28 heavy (non-hydrogen) atoms. The molecule has 1 aromatic carbocycles. The van der Waals surface area contributed by atoms with Crippen molar-refractivity contribution in [3.63, 3.8) is 0 Å². The number of nitrogens with two attached hydrogens (primary N) is 1. The Hall–Kier alpha value is -3.89. The summed E-state index contributed by atoms with van der Waals surface area (Å²) in [6.07, 6.45) is 3.93. The number of urea groups is 1. The largest absolute Gasteiger partial charge is 0.493 e. The van der Waals surface area contributed by atoms with E-state index in [2.05, 4.69) is 36.1 Å². The lowest BCUT2D eigenvalue weighted by Crippen LogP contribution is -2.30. The molecule has 11 heteroatoms. The van der Waals surface area contributed by atoms with Gasteiger partial charge in [-0.05, 0) is 12.1 Å². The van der Waals surface area contributed by atoms with Crippen LogP contribution in [0.5, 0.6) is 11.5 Å². The van der Waals surface area contributed by atoms with E-state index in [1.54, 1.807) is 44.9 Å². The highest BCUT2D eigenvalue weighted by molar-refractivity contribution is 5.94. The smallest absolute Gasteiger partial charge is 0.320 e. The van der Waals surface area contributed by atoms with Crippen LogP contribution in [0.2, 0.25) is 0 Å². The van der Waals surface area contributed by atoms with Crippen LogP contribution in [0.4, 0.5) is 27.8 Å². The molecule has 0 aliphatic heterocycles. The van der Waals surface area contributed by atoms with Crippen molar-refractivity contribution in [2.24, 2.45) is 0 Å². The number of amides is 2. The predicted octanol–water partition coefficient (Wildman–Crippen LogP) is 1.84. The van der Waals surface area contributed by atoms with E-state index in [0.29, 0.717) is 35.8 Å². The number of nitrogen functional groups attached to an aromatic ring is 1. The van der Waals surface area contributed by atoms with Crippen molar-refractivity contribution in [2.75, 3.05) is 37.1 Å². The van der Waals surface area contributed by atoms with Gasteiger partial charge in [0.05, 0.1) is 20.5 Å². The summed E-state index contributed by atoms with van der Waals surface area (Å²) in [5, 5.41) is 15.2. The van der Waals surface area contributed by atoms with E-state index < -0.39 is 6.03 Å². The topological polar surface area (TPSA) is 155 Å². The first kappa shape index (κ1) is 18.9. The van der Waals surface area contributed by atoms with E-state index in [0.717, 1.165) is 5.69 Å². The SMILES string of the molecule is COc1ccc(Nc2c(NC(=O)NCCc3cnc[nH]3)n[nH]c2N)cc1OC. The molecule has 3 aromatic rings. The molecule has 0 aliphatic carbocycles. The zero-order chi connectivity index (χ0) is 19.9. The van der Waals surface area contributed by atoms with Gasteiger partial charge < -0.3 is 30.8 Å². The number of carbonyl (C=O) groups is 1. The van der Waals surface area contributed by atoms with Gasteiger partial charge in [-0.25, -0.2) is 9.78 Å². The van der Waals surface area contributed by atoms with Gasteiger partial charge in [0.15, 0.2) is 17.3 Å². The standard InChI is InChI=1S/C17H22N8O3/c1-27-12-4-3-10(7-13(12)28-2)22-14-15(18)24-25-16(14)23-17(26)20-6-5-11-8-19-9-21-11/h3-4,7-9,22H,5-6H2,1-2H3,(H,19,21)(H5,18,20,23,24,25,26). The van der Waals surface area contributed by atoms with Gasteiger partial charge in [0, 0.05) is 36.6 Å². The van der Waals surface area contributed by atoms with Crippen molar-refractivity contribution in [1.29, 1.82) is 0 Å². The summed E-state index contributed by atoms with van der Waals surface area (Å²) in [7, 11) is 3.11. The number of nitrogens with one attached hydrogen (secondary N) is 5. The first-order valence-corrected chi connectivity index (χ1v) is 8.45. The van der Waals surface area contributed by atoms with Crippen molar-refractivity contribution < 1.29 is 14.3 Å². The highest BCUT2D eigenvalue weighted by Crippen LogP contribution is 2.34. The second-order valence-electron chi connectivity index (χ2n) is 5.76. The average molecular weight is 386 g/mol. The van der Waals surface area contributed by atoms with Gasteiger partial charge in [0.25, 0.3) is 0 Å². The van der Waals surface area contributed by atoms with E-state index in [-0.39, 0.29) is 11.6 Å². The highest BCUT2D eigenvalue weighted by Gasteiger charge is 2.15. The molecule has 0 radical (unpaired) electrons. The summed E-state index contributed by atoms with van der Waals surface area (Å²) >= 11 is 0. The molecule has 0 saturated heterocycles. The molecule has 0 aliphatic rings. The minimum absolute atomic E-state index is 0.270. The zero-order valence-corrected chi connectivity index (χ0v) is 15.5. The third-order valence-corrected chi connectivity index (χ3v) is 3.91. The number of nitrogens with zero attached hydrogens (tertiary/aromatic N) is 2. The van der Waals surface area contributed by atoms with E-state index in [1.807, 2.05) is 0 Å². The second kappa shape index (κ2) is 8.66. The third-order valence-electron chi connectivity index (χ3n) is 3.91. The second-order valence-corrected chi connectivity index (χ2v) is 5.76. The number of imidazole rings is 1. The quantitative estimate of drug-likeness (QED) is 0.345. The summed E-state index contributed by atoms with van der Waals surface area (Å²) in [4.78, 5) is 19.0. The summed E-state index contributed by atoms with van der Waals surface area (Å²) in [5.41, 5.74) is 8.00. The number of methoxy groups -OCH3 is 2. The lowest BCUT2D eigenvalue weighted by molar-refractivity contribution is 0.252. The Kier molecular flexibility index (Phi) is 5.84. The Morgan fingerprint density at radius 3 is 2.79 bits per heavy atom. The monoisotopic (exact) mass is 386 g/mol. The van der Waals surface area contributed by atoms with Crippen LogP contribution in [-0.4, -0.2) is 47.0 Å². The van der Waals surface area contributed by atoms with Gasteiger partial charge in [-0.15, -0.1) is 0 Å².